The quantitative estimate of drug-likeness (QED) is 0.780. The molecule has 0 aliphatic carbocycles. The first-order valence-corrected chi connectivity index (χ1v) is 6.14. The van der Waals surface area contributed by atoms with Crippen LogP contribution in [0.4, 0.5) is 11.8 Å². The topological polar surface area (TPSA) is 77.8 Å². The van der Waals surface area contributed by atoms with Gasteiger partial charge in [0.1, 0.15) is 5.82 Å². The Morgan fingerprint density at radius 1 is 0.833 bits per heavy atom. The van der Waals surface area contributed by atoms with Crippen molar-refractivity contribution in [3.8, 4) is 11.3 Å². The Balaban J connectivity index is 2.78. The summed E-state index contributed by atoms with van der Waals surface area (Å²) in [6.45, 7) is 0. The summed E-state index contributed by atoms with van der Waals surface area (Å²) >= 11 is 24.1. The number of halogens is 4. The van der Waals surface area contributed by atoms with Crippen LogP contribution in [0.3, 0.4) is 0 Å². The first-order valence-electron chi connectivity index (χ1n) is 4.63. The average Bonchev–Trinajstić information content (AvgIpc) is 2.25. The molecule has 0 saturated heterocycles. The third-order valence-corrected chi connectivity index (χ3v) is 3.71. The van der Waals surface area contributed by atoms with E-state index in [1.165, 1.54) is 12.1 Å². The number of nitrogens with two attached hydrogens (primary N) is 2. The Labute approximate surface area is 123 Å². The zero-order valence-corrected chi connectivity index (χ0v) is 11.7. The second-order valence-corrected chi connectivity index (χ2v) is 4.95. The van der Waals surface area contributed by atoms with E-state index < -0.39 is 0 Å². The molecule has 1 aromatic heterocycles. The number of hydrogen-bond acceptors (Lipinski definition) is 4. The molecule has 1 heterocycles. The molecule has 0 aliphatic rings. The van der Waals surface area contributed by atoms with Crippen LogP contribution in [0.1, 0.15) is 0 Å². The third-order valence-electron chi connectivity index (χ3n) is 2.13. The molecule has 94 valence electrons. The summed E-state index contributed by atoms with van der Waals surface area (Å²) in [7, 11) is 0. The molecule has 0 bridgehead atoms. The molecule has 0 spiro atoms. The van der Waals surface area contributed by atoms with Crippen molar-refractivity contribution < 1.29 is 0 Å². The highest BCUT2D eigenvalue weighted by Gasteiger charge is 2.17. The highest BCUT2D eigenvalue weighted by Crippen LogP contribution is 2.42. The van der Waals surface area contributed by atoms with E-state index in [9.17, 15) is 0 Å². The molecule has 18 heavy (non-hydrogen) atoms. The van der Waals surface area contributed by atoms with E-state index in [-0.39, 0.29) is 31.9 Å². The SMILES string of the molecule is Nc1cc(-c2c(Cl)c(Cl)cc(Cl)c2Cl)nc(N)n1. The van der Waals surface area contributed by atoms with E-state index in [0.717, 1.165) is 0 Å². The van der Waals surface area contributed by atoms with Crippen LogP contribution in [0.25, 0.3) is 11.3 Å². The maximum atomic E-state index is 6.09. The van der Waals surface area contributed by atoms with Gasteiger partial charge in [0.25, 0.3) is 0 Å². The second kappa shape index (κ2) is 4.97. The van der Waals surface area contributed by atoms with E-state index in [1.54, 1.807) is 0 Å². The molecule has 2 aromatic rings. The van der Waals surface area contributed by atoms with Crippen LogP contribution in [0.5, 0.6) is 0 Å². The molecule has 0 amide bonds. The number of nitrogens with zero attached hydrogens (tertiary/aromatic N) is 2. The van der Waals surface area contributed by atoms with E-state index in [1.807, 2.05) is 0 Å². The summed E-state index contributed by atoms with van der Waals surface area (Å²) in [4.78, 5) is 7.76. The van der Waals surface area contributed by atoms with Crippen molar-refractivity contribution in [1.29, 1.82) is 0 Å². The van der Waals surface area contributed by atoms with Crippen LogP contribution >= 0.6 is 46.4 Å². The average molecular weight is 324 g/mol. The zero-order valence-electron chi connectivity index (χ0n) is 8.72. The van der Waals surface area contributed by atoms with Gasteiger partial charge in [-0.05, 0) is 6.07 Å². The van der Waals surface area contributed by atoms with Gasteiger partial charge in [0.15, 0.2) is 0 Å². The number of hydrogen-bond donors (Lipinski definition) is 2. The fourth-order valence-corrected chi connectivity index (χ4v) is 2.41. The van der Waals surface area contributed by atoms with Crippen LogP contribution in [0.2, 0.25) is 20.1 Å². The molecule has 0 atom stereocenters. The summed E-state index contributed by atoms with van der Waals surface area (Å²) in [5, 5.41) is 0.973. The minimum Gasteiger partial charge on any atom is -0.384 e. The molecule has 4 nitrogen and oxygen atoms in total. The molecule has 0 radical (unpaired) electrons. The molecular weight excluding hydrogens is 318 g/mol. The zero-order chi connectivity index (χ0) is 13.4. The molecule has 0 unspecified atom stereocenters. The Morgan fingerprint density at radius 2 is 1.39 bits per heavy atom. The molecule has 1 aromatic carbocycles. The Hall–Kier alpha value is -0.940. The molecular formula is C10H6Cl4N4. The summed E-state index contributed by atoms with van der Waals surface area (Å²) < 4.78 is 0. The van der Waals surface area contributed by atoms with Gasteiger partial charge in [-0.25, -0.2) is 4.98 Å². The van der Waals surface area contributed by atoms with Crippen molar-refractivity contribution in [2.45, 2.75) is 0 Å². The molecule has 0 fully saturated rings. The third kappa shape index (κ3) is 2.42. The highest BCUT2D eigenvalue weighted by atomic mass is 35.5. The Bertz CT molecular complexity index is 583. The van der Waals surface area contributed by atoms with Gasteiger partial charge in [0.2, 0.25) is 5.95 Å². The lowest BCUT2D eigenvalue weighted by Gasteiger charge is -2.10. The van der Waals surface area contributed by atoms with Crippen LogP contribution in [0, 0.1) is 0 Å². The first kappa shape index (κ1) is 13.5. The molecule has 8 heteroatoms. The lowest BCUT2D eigenvalue weighted by molar-refractivity contribution is 1.20. The van der Waals surface area contributed by atoms with Crippen LogP contribution in [-0.4, -0.2) is 9.97 Å². The summed E-state index contributed by atoms with van der Waals surface area (Å²) in [5.41, 5.74) is 11.8. The molecule has 2 rings (SSSR count). The largest absolute Gasteiger partial charge is 0.384 e. The van der Waals surface area contributed by atoms with Crippen molar-refractivity contribution in [2.24, 2.45) is 0 Å². The van der Waals surface area contributed by atoms with Crippen molar-refractivity contribution >= 4 is 58.2 Å². The van der Waals surface area contributed by atoms with Crippen molar-refractivity contribution in [2.75, 3.05) is 11.5 Å². The lowest BCUT2D eigenvalue weighted by atomic mass is 10.1. The van der Waals surface area contributed by atoms with Crippen LogP contribution in [0.15, 0.2) is 12.1 Å². The van der Waals surface area contributed by atoms with Gasteiger partial charge in [0, 0.05) is 11.6 Å². The van der Waals surface area contributed by atoms with Crippen LogP contribution in [-0.2, 0) is 0 Å². The van der Waals surface area contributed by atoms with Crippen molar-refractivity contribution in [1.82, 2.24) is 9.97 Å². The van der Waals surface area contributed by atoms with Gasteiger partial charge in [-0.3, -0.25) is 0 Å². The molecule has 0 saturated carbocycles. The van der Waals surface area contributed by atoms with Gasteiger partial charge < -0.3 is 11.5 Å². The monoisotopic (exact) mass is 322 g/mol. The maximum absolute atomic E-state index is 6.09. The molecule has 4 N–H and O–H groups in total. The van der Waals surface area contributed by atoms with Gasteiger partial charge in [-0.1, -0.05) is 46.4 Å². The molecule has 0 aliphatic heterocycles. The normalized spacial score (nSPS) is 10.7. The minimum absolute atomic E-state index is 0.00762. The summed E-state index contributed by atoms with van der Waals surface area (Å²) in [5.74, 6) is 0.203. The van der Waals surface area contributed by atoms with Gasteiger partial charge >= 0.3 is 0 Å². The minimum atomic E-state index is 0.00762. The summed E-state index contributed by atoms with van der Waals surface area (Å²) in [6.07, 6.45) is 0. The number of benzene rings is 1. The smallest absolute Gasteiger partial charge is 0.222 e. The number of aromatic nitrogens is 2. The van der Waals surface area contributed by atoms with Gasteiger partial charge in [-0.2, -0.15) is 4.98 Å². The van der Waals surface area contributed by atoms with Crippen molar-refractivity contribution in [3.63, 3.8) is 0 Å². The Morgan fingerprint density at radius 3 is 1.89 bits per heavy atom. The predicted octanol–water partition coefficient (Wildman–Crippen LogP) is 3.92. The van der Waals surface area contributed by atoms with Gasteiger partial charge in [-0.15, -0.1) is 0 Å². The van der Waals surface area contributed by atoms with Crippen molar-refractivity contribution in [3.05, 3.63) is 32.2 Å². The fraction of sp³-hybridized carbons (Fsp3) is 0. The standard InChI is InChI=1S/C10H6Cl4N4/c11-3-1-4(12)9(14)7(8(3)13)5-2-6(15)18-10(16)17-5/h1-2H,(H4,15,16,17,18). The first-order chi connectivity index (χ1) is 8.40. The lowest BCUT2D eigenvalue weighted by Crippen LogP contribution is -2.01. The number of nitrogen functional groups attached to an aromatic ring is 2. The van der Waals surface area contributed by atoms with Crippen LogP contribution < -0.4 is 11.5 Å². The predicted molar refractivity (Wildman–Crippen MR) is 76.3 cm³/mol. The fourth-order valence-electron chi connectivity index (χ4n) is 1.41. The van der Waals surface area contributed by atoms with E-state index in [4.69, 9.17) is 57.9 Å². The van der Waals surface area contributed by atoms with E-state index in [0.29, 0.717) is 11.3 Å². The van der Waals surface area contributed by atoms with Gasteiger partial charge in [0.05, 0.1) is 25.8 Å². The van der Waals surface area contributed by atoms with E-state index in [2.05, 4.69) is 9.97 Å². The number of rotatable bonds is 1. The highest BCUT2D eigenvalue weighted by molar-refractivity contribution is 6.50. The summed E-state index contributed by atoms with van der Waals surface area (Å²) in [6, 6.07) is 2.93. The van der Waals surface area contributed by atoms with E-state index >= 15 is 0 Å². The Kier molecular flexibility index (Phi) is 3.73. The maximum Gasteiger partial charge on any atom is 0.222 e. The second-order valence-electron chi connectivity index (χ2n) is 3.38. The number of anilines is 2.